The van der Waals surface area contributed by atoms with Crippen LogP contribution in [0.2, 0.25) is 0 Å². The van der Waals surface area contributed by atoms with Crippen molar-refractivity contribution in [1.29, 1.82) is 0 Å². The van der Waals surface area contributed by atoms with Gasteiger partial charge in [-0.1, -0.05) is 15.9 Å². The van der Waals surface area contributed by atoms with Gasteiger partial charge in [-0.05, 0) is 57.7 Å². The van der Waals surface area contributed by atoms with Gasteiger partial charge in [0.2, 0.25) is 11.8 Å². The maximum absolute atomic E-state index is 11.8. The van der Waals surface area contributed by atoms with E-state index in [4.69, 9.17) is 0 Å². The summed E-state index contributed by atoms with van der Waals surface area (Å²) in [5, 5.41) is 5.49. The van der Waals surface area contributed by atoms with Gasteiger partial charge in [-0.15, -0.1) is 0 Å². The van der Waals surface area contributed by atoms with Gasteiger partial charge in [-0.2, -0.15) is 0 Å². The van der Waals surface area contributed by atoms with Crippen LogP contribution in [-0.4, -0.2) is 43.9 Å². The minimum atomic E-state index is -0.300. The lowest BCUT2D eigenvalue weighted by molar-refractivity contribution is -0.126. The summed E-state index contributed by atoms with van der Waals surface area (Å²) < 4.78 is 0.955. The standard InChI is InChI=1S/C15H22BrN3O2/c1-11-9-12(16)5-6-13(11)18-15(21)10-14(20)17-7-4-8-19(2)3/h5-6,9H,4,7-8,10H2,1-3H3,(H,17,20)(H,18,21). The Bertz CT molecular complexity index is 504. The van der Waals surface area contributed by atoms with Gasteiger partial charge in [0.1, 0.15) is 6.42 Å². The van der Waals surface area contributed by atoms with Gasteiger partial charge < -0.3 is 15.5 Å². The maximum atomic E-state index is 11.8. The Morgan fingerprint density at radius 2 is 1.95 bits per heavy atom. The molecule has 1 aromatic rings. The Balaban J connectivity index is 2.34. The van der Waals surface area contributed by atoms with Gasteiger partial charge in [0.15, 0.2) is 0 Å². The number of amides is 2. The van der Waals surface area contributed by atoms with Gasteiger partial charge in [-0.25, -0.2) is 0 Å². The van der Waals surface area contributed by atoms with Crippen LogP contribution in [0.15, 0.2) is 22.7 Å². The lowest BCUT2D eigenvalue weighted by Gasteiger charge is -2.11. The van der Waals surface area contributed by atoms with Crippen LogP contribution in [0.3, 0.4) is 0 Å². The number of aryl methyl sites for hydroxylation is 1. The number of carbonyl (C=O) groups excluding carboxylic acids is 2. The van der Waals surface area contributed by atoms with E-state index in [2.05, 4.69) is 31.5 Å². The SMILES string of the molecule is Cc1cc(Br)ccc1NC(=O)CC(=O)NCCCN(C)C. The predicted molar refractivity (Wildman–Crippen MR) is 88.3 cm³/mol. The van der Waals surface area contributed by atoms with Crippen LogP contribution in [0.5, 0.6) is 0 Å². The van der Waals surface area contributed by atoms with Gasteiger partial charge >= 0.3 is 0 Å². The number of carbonyl (C=O) groups is 2. The first-order valence-corrected chi connectivity index (χ1v) is 7.65. The van der Waals surface area contributed by atoms with E-state index in [1.54, 1.807) is 0 Å². The van der Waals surface area contributed by atoms with Crippen molar-refractivity contribution in [1.82, 2.24) is 10.2 Å². The Labute approximate surface area is 134 Å². The van der Waals surface area contributed by atoms with Gasteiger partial charge in [0, 0.05) is 16.7 Å². The minimum Gasteiger partial charge on any atom is -0.356 e. The highest BCUT2D eigenvalue weighted by molar-refractivity contribution is 9.10. The van der Waals surface area contributed by atoms with Crippen LogP contribution >= 0.6 is 15.9 Å². The fourth-order valence-electron chi connectivity index (χ4n) is 1.79. The third kappa shape index (κ3) is 7.24. The van der Waals surface area contributed by atoms with E-state index in [0.29, 0.717) is 6.54 Å². The van der Waals surface area contributed by atoms with Crippen molar-refractivity contribution in [3.63, 3.8) is 0 Å². The Kier molecular flexibility index (Phi) is 7.39. The van der Waals surface area contributed by atoms with E-state index in [1.807, 2.05) is 39.2 Å². The molecule has 0 saturated carbocycles. The van der Waals surface area contributed by atoms with Crippen LogP contribution in [0.1, 0.15) is 18.4 Å². The summed E-state index contributed by atoms with van der Waals surface area (Å²) in [5.74, 6) is -0.549. The van der Waals surface area contributed by atoms with Crippen molar-refractivity contribution >= 4 is 33.4 Å². The number of hydrogen-bond donors (Lipinski definition) is 2. The van der Waals surface area contributed by atoms with Crippen molar-refractivity contribution in [3.05, 3.63) is 28.2 Å². The summed E-state index contributed by atoms with van der Waals surface area (Å²) in [7, 11) is 3.96. The summed E-state index contributed by atoms with van der Waals surface area (Å²) in [6.45, 7) is 3.40. The number of benzene rings is 1. The monoisotopic (exact) mass is 355 g/mol. The van der Waals surface area contributed by atoms with Crippen molar-refractivity contribution < 1.29 is 9.59 Å². The largest absolute Gasteiger partial charge is 0.356 e. The number of hydrogen-bond acceptors (Lipinski definition) is 3. The van der Waals surface area contributed by atoms with E-state index >= 15 is 0 Å². The van der Waals surface area contributed by atoms with E-state index in [9.17, 15) is 9.59 Å². The first-order valence-electron chi connectivity index (χ1n) is 6.86. The van der Waals surface area contributed by atoms with Crippen LogP contribution in [0.25, 0.3) is 0 Å². The summed E-state index contributed by atoms with van der Waals surface area (Å²) in [4.78, 5) is 25.5. The number of nitrogens with one attached hydrogen (secondary N) is 2. The zero-order chi connectivity index (χ0) is 15.8. The molecular weight excluding hydrogens is 334 g/mol. The van der Waals surface area contributed by atoms with E-state index in [-0.39, 0.29) is 18.2 Å². The molecule has 21 heavy (non-hydrogen) atoms. The molecule has 0 unspecified atom stereocenters. The number of rotatable bonds is 7. The van der Waals surface area contributed by atoms with Gasteiger partial charge in [0.05, 0.1) is 0 Å². The lowest BCUT2D eigenvalue weighted by Crippen LogP contribution is -2.30. The third-order valence-electron chi connectivity index (χ3n) is 2.89. The number of anilines is 1. The topological polar surface area (TPSA) is 61.4 Å². The van der Waals surface area contributed by atoms with Crippen LogP contribution in [0.4, 0.5) is 5.69 Å². The Morgan fingerprint density at radius 1 is 1.24 bits per heavy atom. The molecule has 5 nitrogen and oxygen atoms in total. The zero-order valence-electron chi connectivity index (χ0n) is 12.7. The second-order valence-electron chi connectivity index (χ2n) is 5.19. The summed E-state index contributed by atoms with van der Waals surface area (Å²) in [6, 6.07) is 5.58. The molecule has 0 aliphatic heterocycles. The van der Waals surface area contributed by atoms with E-state index in [1.165, 1.54) is 0 Å². The van der Waals surface area contributed by atoms with Gasteiger partial charge in [-0.3, -0.25) is 9.59 Å². The summed E-state index contributed by atoms with van der Waals surface area (Å²) in [5.41, 5.74) is 1.67. The molecule has 0 radical (unpaired) electrons. The van der Waals surface area contributed by atoms with Crippen molar-refractivity contribution in [2.45, 2.75) is 19.8 Å². The normalized spacial score (nSPS) is 10.5. The Morgan fingerprint density at radius 3 is 2.57 bits per heavy atom. The molecule has 6 heteroatoms. The lowest BCUT2D eigenvalue weighted by atomic mass is 10.2. The quantitative estimate of drug-likeness (QED) is 0.581. The molecule has 0 spiro atoms. The predicted octanol–water partition coefficient (Wildman–Crippen LogP) is 2.15. The summed E-state index contributed by atoms with van der Waals surface area (Å²) >= 11 is 3.37. The molecule has 0 aromatic heterocycles. The second kappa shape index (κ2) is 8.79. The van der Waals surface area contributed by atoms with E-state index < -0.39 is 0 Å². The Hall–Kier alpha value is -1.40. The molecule has 1 rings (SSSR count). The molecule has 0 atom stereocenters. The first-order chi connectivity index (χ1) is 9.88. The van der Waals surface area contributed by atoms with E-state index in [0.717, 1.165) is 28.7 Å². The molecule has 0 heterocycles. The molecule has 0 fully saturated rings. The molecule has 0 bridgehead atoms. The van der Waals surface area contributed by atoms with Crippen molar-refractivity contribution in [3.8, 4) is 0 Å². The molecule has 0 aliphatic carbocycles. The zero-order valence-corrected chi connectivity index (χ0v) is 14.3. The van der Waals surface area contributed by atoms with Crippen LogP contribution < -0.4 is 10.6 Å². The van der Waals surface area contributed by atoms with Crippen LogP contribution in [0, 0.1) is 6.92 Å². The second-order valence-corrected chi connectivity index (χ2v) is 6.11. The average molecular weight is 356 g/mol. The van der Waals surface area contributed by atoms with Gasteiger partial charge in [0.25, 0.3) is 0 Å². The molecule has 0 aliphatic rings. The fourth-order valence-corrected chi connectivity index (χ4v) is 2.27. The number of halogens is 1. The van der Waals surface area contributed by atoms with Crippen LogP contribution in [-0.2, 0) is 9.59 Å². The minimum absolute atomic E-state index is 0.155. The highest BCUT2D eigenvalue weighted by atomic mass is 79.9. The number of nitrogens with zero attached hydrogens (tertiary/aromatic N) is 1. The summed E-state index contributed by atoms with van der Waals surface area (Å²) in [6.07, 6.45) is 0.712. The molecule has 116 valence electrons. The fraction of sp³-hybridized carbons (Fsp3) is 0.467. The molecule has 2 N–H and O–H groups in total. The smallest absolute Gasteiger partial charge is 0.233 e. The molecular formula is C15H22BrN3O2. The third-order valence-corrected chi connectivity index (χ3v) is 3.38. The molecule has 2 amide bonds. The molecule has 0 saturated heterocycles. The maximum Gasteiger partial charge on any atom is 0.233 e. The highest BCUT2D eigenvalue weighted by Crippen LogP contribution is 2.20. The molecule has 1 aromatic carbocycles. The van der Waals surface area contributed by atoms with Crippen molar-refractivity contribution in [2.24, 2.45) is 0 Å². The average Bonchev–Trinajstić information content (AvgIpc) is 2.38. The first kappa shape index (κ1) is 17.7. The highest BCUT2D eigenvalue weighted by Gasteiger charge is 2.10. The van der Waals surface area contributed by atoms with Crippen molar-refractivity contribution in [2.75, 3.05) is 32.5 Å².